The fraction of sp³-hybridized carbons (Fsp3) is 0.385. The molecule has 5 nitrogen and oxygen atoms in total. The molecule has 0 spiro atoms. The van der Waals surface area contributed by atoms with E-state index < -0.39 is 11.9 Å². The summed E-state index contributed by atoms with van der Waals surface area (Å²) in [4.78, 5) is 25.7. The van der Waals surface area contributed by atoms with Gasteiger partial charge in [-0.2, -0.15) is 0 Å². The summed E-state index contributed by atoms with van der Waals surface area (Å²) in [7, 11) is 1.96. The summed E-state index contributed by atoms with van der Waals surface area (Å²) in [6.07, 6.45) is 0. The number of hydrogen-bond donors (Lipinski definition) is 0. The summed E-state index contributed by atoms with van der Waals surface area (Å²) in [5.41, 5.74) is 4.59. The van der Waals surface area contributed by atoms with E-state index in [1.165, 1.54) is 5.56 Å². The molecule has 5 heteroatoms. The SMILES string of the molecule is Cc1ccc(-c2cc3cc(C(=O)OCC(C)C)c(C(=O)OCC(C)C)cc3n2C)cc1. The van der Waals surface area contributed by atoms with E-state index in [1.54, 1.807) is 12.1 Å². The van der Waals surface area contributed by atoms with E-state index in [4.69, 9.17) is 9.47 Å². The van der Waals surface area contributed by atoms with Crippen LogP contribution in [0.2, 0.25) is 0 Å². The van der Waals surface area contributed by atoms with Crippen LogP contribution in [0.25, 0.3) is 22.2 Å². The van der Waals surface area contributed by atoms with Gasteiger partial charge in [-0.1, -0.05) is 57.5 Å². The summed E-state index contributed by atoms with van der Waals surface area (Å²) in [6, 6.07) is 13.8. The van der Waals surface area contributed by atoms with Crippen LogP contribution in [0.3, 0.4) is 0 Å². The molecule has 0 N–H and O–H groups in total. The highest BCUT2D eigenvalue weighted by molar-refractivity contribution is 6.07. The van der Waals surface area contributed by atoms with Crippen molar-refractivity contribution in [1.82, 2.24) is 4.57 Å². The van der Waals surface area contributed by atoms with Gasteiger partial charge in [-0.05, 0) is 42.5 Å². The minimum atomic E-state index is -0.509. The topological polar surface area (TPSA) is 57.5 Å². The molecule has 0 unspecified atom stereocenters. The van der Waals surface area contributed by atoms with E-state index >= 15 is 0 Å². The smallest absolute Gasteiger partial charge is 0.339 e. The van der Waals surface area contributed by atoms with Crippen LogP contribution < -0.4 is 0 Å². The Morgan fingerprint density at radius 1 is 0.839 bits per heavy atom. The number of rotatable bonds is 7. The number of aromatic nitrogens is 1. The van der Waals surface area contributed by atoms with Gasteiger partial charge in [0.25, 0.3) is 0 Å². The Labute approximate surface area is 184 Å². The predicted octanol–water partition coefficient (Wildman–Crippen LogP) is 5.78. The van der Waals surface area contributed by atoms with E-state index in [2.05, 4.69) is 31.2 Å². The summed E-state index contributed by atoms with van der Waals surface area (Å²) in [6.45, 7) is 10.5. The van der Waals surface area contributed by atoms with Crippen LogP contribution in [0.15, 0.2) is 42.5 Å². The summed E-state index contributed by atoms with van der Waals surface area (Å²) >= 11 is 0. The molecule has 2 aromatic carbocycles. The molecule has 0 saturated heterocycles. The third-order valence-corrected chi connectivity index (χ3v) is 5.06. The van der Waals surface area contributed by atoms with Gasteiger partial charge >= 0.3 is 11.9 Å². The molecule has 31 heavy (non-hydrogen) atoms. The number of ether oxygens (including phenoxy) is 2. The number of esters is 2. The highest BCUT2D eigenvalue weighted by Crippen LogP contribution is 2.30. The molecule has 0 aliphatic carbocycles. The minimum absolute atomic E-state index is 0.201. The summed E-state index contributed by atoms with van der Waals surface area (Å²) < 4.78 is 12.9. The average Bonchev–Trinajstić information content (AvgIpc) is 3.05. The number of aryl methyl sites for hydroxylation is 2. The van der Waals surface area contributed by atoms with Crippen molar-refractivity contribution in [2.24, 2.45) is 18.9 Å². The van der Waals surface area contributed by atoms with Gasteiger partial charge in [0.05, 0.1) is 24.3 Å². The first kappa shape index (κ1) is 22.6. The average molecular weight is 422 g/mol. The second kappa shape index (κ2) is 9.38. The molecule has 3 aromatic rings. The highest BCUT2D eigenvalue weighted by Gasteiger charge is 2.23. The Kier molecular flexibility index (Phi) is 6.84. The predicted molar refractivity (Wildman–Crippen MR) is 123 cm³/mol. The summed E-state index contributed by atoms with van der Waals surface area (Å²) in [5.74, 6) is -0.612. The maximum absolute atomic E-state index is 12.8. The third kappa shape index (κ3) is 5.16. The fourth-order valence-corrected chi connectivity index (χ4v) is 3.36. The summed E-state index contributed by atoms with van der Waals surface area (Å²) in [5, 5.41) is 0.870. The third-order valence-electron chi connectivity index (χ3n) is 5.06. The van der Waals surface area contributed by atoms with Crippen LogP contribution in [0.4, 0.5) is 0 Å². The first-order chi connectivity index (χ1) is 14.7. The number of fused-ring (bicyclic) bond motifs is 1. The first-order valence-electron chi connectivity index (χ1n) is 10.7. The van der Waals surface area contributed by atoms with Crippen LogP contribution in [0, 0.1) is 18.8 Å². The van der Waals surface area contributed by atoms with E-state index in [0.717, 1.165) is 22.2 Å². The lowest BCUT2D eigenvalue weighted by atomic mass is 10.0. The second-order valence-electron chi connectivity index (χ2n) is 8.90. The lowest BCUT2D eigenvalue weighted by Crippen LogP contribution is -2.17. The Hall–Kier alpha value is -3.08. The van der Waals surface area contributed by atoms with Crippen molar-refractivity contribution in [3.8, 4) is 11.3 Å². The molecule has 3 rings (SSSR count). The molecule has 1 aromatic heterocycles. The Balaban J connectivity index is 2.10. The van der Waals surface area contributed by atoms with Gasteiger partial charge in [-0.15, -0.1) is 0 Å². The second-order valence-corrected chi connectivity index (χ2v) is 8.90. The Bertz CT molecular complexity index is 1090. The quantitative estimate of drug-likeness (QED) is 0.454. The number of carbonyl (C=O) groups excluding carboxylic acids is 2. The highest BCUT2D eigenvalue weighted by atomic mass is 16.5. The van der Waals surface area contributed by atoms with Crippen LogP contribution in [-0.4, -0.2) is 29.7 Å². The molecule has 0 bridgehead atoms. The molecule has 0 saturated carbocycles. The largest absolute Gasteiger partial charge is 0.462 e. The number of hydrogen-bond acceptors (Lipinski definition) is 4. The van der Waals surface area contributed by atoms with Crippen LogP contribution in [0.1, 0.15) is 54.0 Å². The molecule has 0 amide bonds. The zero-order valence-electron chi connectivity index (χ0n) is 19.2. The van der Waals surface area contributed by atoms with Gasteiger partial charge in [0, 0.05) is 23.6 Å². The number of benzene rings is 2. The molecule has 0 fully saturated rings. The van der Waals surface area contributed by atoms with Gasteiger partial charge in [0.1, 0.15) is 0 Å². The zero-order chi connectivity index (χ0) is 22.7. The van der Waals surface area contributed by atoms with Crippen molar-refractivity contribution in [3.05, 3.63) is 59.2 Å². The molecule has 0 radical (unpaired) electrons. The van der Waals surface area contributed by atoms with Crippen LogP contribution >= 0.6 is 0 Å². The van der Waals surface area contributed by atoms with E-state index in [0.29, 0.717) is 13.2 Å². The van der Waals surface area contributed by atoms with Crippen molar-refractivity contribution in [2.75, 3.05) is 13.2 Å². The number of nitrogens with zero attached hydrogens (tertiary/aromatic N) is 1. The molecule has 0 atom stereocenters. The normalized spacial score (nSPS) is 11.4. The van der Waals surface area contributed by atoms with Crippen molar-refractivity contribution in [2.45, 2.75) is 34.6 Å². The zero-order valence-corrected chi connectivity index (χ0v) is 19.2. The van der Waals surface area contributed by atoms with Gasteiger partial charge in [0.2, 0.25) is 0 Å². The Morgan fingerprint density at radius 3 is 1.87 bits per heavy atom. The standard InChI is InChI=1S/C26H31NO4/c1-16(2)14-30-25(28)21-11-20-12-23(19-9-7-18(5)8-10-19)27(6)24(20)13-22(21)26(29)31-15-17(3)4/h7-13,16-17H,14-15H2,1-6H3. The van der Waals surface area contributed by atoms with Gasteiger partial charge in [-0.25, -0.2) is 9.59 Å². The van der Waals surface area contributed by atoms with Crippen molar-refractivity contribution >= 4 is 22.8 Å². The van der Waals surface area contributed by atoms with E-state index in [9.17, 15) is 9.59 Å². The van der Waals surface area contributed by atoms with Gasteiger partial charge in [-0.3, -0.25) is 0 Å². The van der Waals surface area contributed by atoms with E-state index in [-0.39, 0.29) is 23.0 Å². The molecule has 1 heterocycles. The molecule has 0 aliphatic rings. The molecular formula is C26H31NO4. The number of carbonyl (C=O) groups is 2. The maximum Gasteiger partial charge on any atom is 0.339 e. The van der Waals surface area contributed by atoms with E-state index in [1.807, 2.05) is 45.4 Å². The lowest BCUT2D eigenvalue weighted by molar-refractivity contribution is 0.0413. The van der Waals surface area contributed by atoms with Crippen molar-refractivity contribution in [1.29, 1.82) is 0 Å². The van der Waals surface area contributed by atoms with Crippen LogP contribution in [-0.2, 0) is 16.5 Å². The monoisotopic (exact) mass is 421 g/mol. The van der Waals surface area contributed by atoms with Gasteiger partial charge < -0.3 is 14.0 Å². The first-order valence-corrected chi connectivity index (χ1v) is 10.7. The lowest BCUT2D eigenvalue weighted by Gasteiger charge is -2.13. The molecule has 164 valence electrons. The molecular weight excluding hydrogens is 390 g/mol. The molecule has 0 aliphatic heterocycles. The van der Waals surface area contributed by atoms with Gasteiger partial charge in [0.15, 0.2) is 0 Å². The maximum atomic E-state index is 12.8. The van der Waals surface area contributed by atoms with Crippen molar-refractivity contribution in [3.63, 3.8) is 0 Å². The fourth-order valence-electron chi connectivity index (χ4n) is 3.36. The van der Waals surface area contributed by atoms with Crippen LogP contribution in [0.5, 0.6) is 0 Å². The van der Waals surface area contributed by atoms with Crippen molar-refractivity contribution < 1.29 is 19.1 Å². The minimum Gasteiger partial charge on any atom is -0.462 e. The Morgan fingerprint density at radius 2 is 1.35 bits per heavy atom.